The second kappa shape index (κ2) is 7.14. The van der Waals surface area contributed by atoms with E-state index in [2.05, 4.69) is 20.7 Å². The summed E-state index contributed by atoms with van der Waals surface area (Å²) in [4.78, 5) is 15.6. The van der Waals surface area contributed by atoms with Gasteiger partial charge in [-0.1, -0.05) is 11.6 Å². The highest BCUT2D eigenvalue weighted by Gasteiger charge is 2.34. The number of nitrogens with one attached hydrogen (secondary N) is 2. The van der Waals surface area contributed by atoms with E-state index in [1.165, 1.54) is 0 Å². The molecule has 1 aliphatic heterocycles. The number of halogens is 4. The maximum absolute atomic E-state index is 12.7. The van der Waals surface area contributed by atoms with Crippen LogP contribution in [0.15, 0.2) is 24.7 Å². The van der Waals surface area contributed by atoms with E-state index in [0.29, 0.717) is 19.4 Å². The molecule has 1 fully saturated rings. The lowest BCUT2D eigenvalue weighted by molar-refractivity contribution is -0.137. The molecule has 0 unspecified atom stereocenters. The van der Waals surface area contributed by atoms with Gasteiger partial charge in [-0.15, -0.1) is 0 Å². The van der Waals surface area contributed by atoms with E-state index in [1.54, 1.807) is 10.9 Å². The van der Waals surface area contributed by atoms with Gasteiger partial charge in [0, 0.05) is 30.9 Å². The summed E-state index contributed by atoms with van der Waals surface area (Å²) in [5.41, 5.74) is -0.105. The van der Waals surface area contributed by atoms with E-state index in [4.69, 9.17) is 11.6 Å². The van der Waals surface area contributed by atoms with Crippen LogP contribution >= 0.6 is 11.6 Å². The number of carbonyl (C=O) groups is 1. The first kappa shape index (κ1) is 18.5. The molecule has 140 valence electrons. The number of carbonyl (C=O) groups excluding carboxylic acids is 1. The highest BCUT2D eigenvalue weighted by atomic mass is 35.5. The van der Waals surface area contributed by atoms with Crippen LogP contribution in [0.5, 0.6) is 0 Å². The van der Waals surface area contributed by atoms with Gasteiger partial charge in [-0.05, 0) is 19.4 Å². The van der Waals surface area contributed by atoms with Crippen LogP contribution in [0.2, 0.25) is 5.02 Å². The van der Waals surface area contributed by atoms with Crippen molar-refractivity contribution in [1.29, 1.82) is 0 Å². The largest absolute Gasteiger partial charge is 0.417 e. The summed E-state index contributed by atoms with van der Waals surface area (Å²) in [5, 5.41) is 10.0. The molecule has 3 rings (SSSR count). The zero-order valence-corrected chi connectivity index (χ0v) is 14.6. The zero-order valence-electron chi connectivity index (χ0n) is 13.8. The van der Waals surface area contributed by atoms with Gasteiger partial charge in [0.15, 0.2) is 0 Å². The summed E-state index contributed by atoms with van der Waals surface area (Å²) in [5.74, 6) is 0.0532. The van der Waals surface area contributed by atoms with Gasteiger partial charge >= 0.3 is 6.18 Å². The van der Waals surface area contributed by atoms with Crippen LogP contribution in [0.4, 0.5) is 19.0 Å². The van der Waals surface area contributed by atoms with Crippen molar-refractivity contribution >= 4 is 23.3 Å². The number of amides is 1. The molecule has 26 heavy (non-hydrogen) atoms. The van der Waals surface area contributed by atoms with Gasteiger partial charge in [0.25, 0.3) is 0 Å². The number of aryl methyl sites for hydroxylation is 1. The van der Waals surface area contributed by atoms with Crippen LogP contribution in [0.1, 0.15) is 36.9 Å². The van der Waals surface area contributed by atoms with Gasteiger partial charge in [0.2, 0.25) is 5.91 Å². The third kappa shape index (κ3) is 3.92. The predicted molar refractivity (Wildman–Crippen MR) is 89.7 cm³/mol. The molecule has 1 saturated heterocycles. The number of pyridine rings is 1. The van der Waals surface area contributed by atoms with Gasteiger partial charge < -0.3 is 10.6 Å². The first-order chi connectivity index (χ1) is 12.3. The van der Waals surface area contributed by atoms with Gasteiger partial charge in [-0.2, -0.15) is 18.3 Å². The predicted octanol–water partition coefficient (Wildman–Crippen LogP) is 3.40. The Morgan fingerprint density at radius 2 is 2.19 bits per heavy atom. The summed E-state index contributed by atoms with van der Waals surface area (Å²) in [6, 6.07) is 0.184. The van der Waals surface area contributed by atoms with Crippen molar-refractivity contribution in [3.8, 4) is 0 Å². The SMILES string of the molecule is CCn1cc([C@@H]2NC(=O)CC[C@H]2Nc2ncc(C(F)(F)F)cc2Cl)cn1. The van der Waals surface area contributed by atoms with Crippen LogP contribution in [0, 0.1) is 0 Å². The summed E-state index contributed by atoms with van der Waals surface area (Å²) in [7, 11) is 0. The summed E-state index contributed by atoms with van der Waals surface area (Å²) in [6.07, 6.45) is 0.509. The molecule has 6 nitrogen and oxygen atoms in total. The number of rotatable bonds is 4. The molecule has 3 heterocycles. The number of anilines is 1. The van der Waals surface area contributed by atoms with Gasteiger partial charge in [0.1, 0.15) is 5.82 Å². The van der Waals surface area contributed by atoms with Crippen LogP contribution in [0.3, 0.4) is 0 Å². The Balaban J connectivity index is 1.83. The van der Waals surface area contributed by atoms with E-state index in [0.717, 1.165) is 17.8 Å². The van der Waals surface area contributed by atoms with E-state index < -0.39 is 11.7 Å². The maximum atomic E-state index is 12.7. The number of alkyl halides is 3. The quantitative estimate of drug-likeness (QED) is 0.843. The lowest BCUT2D eigenvalue weighted by Gasteiger charge is -2.33. The molecule has 0 aliphatic carbocycles. The maximum Gasteiger partial charge on any atom is 0.417 e. The zero-order chi connectivity index (χ0) is 18.9. The Bertz CT molecular complexity index is 807. The minimum Gasteiger partial charge on any atom is -0.364 e. The van der Waals surface area contributed by atoms with Crippen molar-refractivity contribution in [2.75, 3.05) is 5.32 Å². The van der Waals surface area contributed by atoms with Gasteiger partial charge in [-0.3, -0.25) is 9.48 Å². The second-order valence-corrected chi connectivity index (χ2v) is 6.42. The third-order valence-electron chi connectivity index (χ3n) is 4.23. The average molecular weight is 388 g/mol. The van der Waals surface area contributed by atoms with Crippen molar-refractivity contribution in [3.05, 3.63) is 40.8 Å². The van der Waals surface area contributed by atoms with Crippen molar-refractivity contribution in [1.82, 2.24) is 20.1 Å². The van der Waals surface area contributed by atoms with Crippen LogP contribution < -0.4 is 10.6 Å². The highest BCUT2D eigenvalue weighted by molar-refractivity contribution is 6.33. The summed E-state index contributed by atoms with van der Waals surface area (Å²) < 4.78 is 40.0. The smallest absolute Gasteiger partial charge is 0.364 e. The Morgan fingerprint density at radius 3 is 2.81 bits per heavy atom. The molecular formula is C16H17ClF3N5O. The Hall–Kier alpha value is -2.29. The van der Waals surface area contributed by atoms with Crippen LogP contribution in [-0.2, 0) is 17.5 Å². The number of hydrogen-bond acceptors (Lipinski definition) is 4. The minimum absolute atomic E-state index is 0.0937. The molecular weight excluding hydrogens is 371 g/mol. The van der Waals surface area contributed by atoms with Crippen LogP contribution in [0.25, 0.3) is 0 Å². The molecule has 1 aliphatic rings. The first-order valence-electron chi connectivity index (χ1n) is 8.09. The van der Waals surface area contributed by atoms with Crippen molar-refractivity contribution in [2.24, 2.45) is 0 Å². The summed E-state index contributed by atoms with van der Waals surface area (Å²) in [6.45, 7) is 2.63. The molecule has 10 heteroatoms. The molecule has 0 saturated carbocycles. The Labute approximate surface area is 152 Å². The van der Waals surface area contributed by atoms with E-state index in [-0.39, 0.29) is 28.8 Å². The fourth-order valence-corrected chi connectivity index (χ4v) is 3.08. The molecule has 1 amide bonds. The Kier molecular flexibility index (Phi) is 5.08. The molecule has 2 aromatic rings. The molecule has 0 bridgehead atoms. The van der Waals surface area contributed by atoms with E-state index in [9.17, 15) is 18.0 Å². The molecule has 0 spiro atoms. The fraction of sp³-hybridized carbons (Fsp3) is 0.438. The average Bonchev–Trinajstić information content (AvgIpc) is 3.06. The lowest BCUT2D eigenvalue weighted by atomic mass is 9.93. The molecule has 2 atom stereocenters. The van der Waals surface area contributed by atoms with Crippen LogP contribution in [-0.4, -0.2) is 26.7 Å². The minimum atomic E-state index is -4.51. The van der Waals surface area contributed by atoms with E-state index in [1.807, 2.05) is 13.1 Å². The number of aromatic nitrogens is 3. The normalized spacial score (nSPS) is 20.7. The molecule has 2 aromatic heterocycles. The lowest BCUT2D eigenvalue weighted by Crippen LogP contribution is -2.45. The number of nitrogens with zero attached hydrogens (tertiary/aromatic N) is 3. The van der Waals surface area contributed by atoms with Gasteiger partial charge in [0.05, 0.1) is 28.9 Å². The standard InChI is InChI=1S/C16H17ClF3N5O/c1-2-25-8-9(6-22-25)14-12(3-4-13(26)24-14)23-15-11(17)5-10(7-21-15)16(18,19)20/h5-8,12,14H,2-4H2,1H3,(H,21,23)(H,24,26)/t12-,14+/m1/s1. The molecule has 0 aromatic carbocycles. The van der Waals surface area contributed by atoms with E-state index >= 15 is 0 Å². The topological polar surface area (TPSA) is 71.8 Å². The van der Waals surface area contributed by atoms with Crippen molar-refractivity contribution in [3.63, 3.8) is 0 Å². The fourth-order valence-electron chi connectivity index (χ4n) is 2.86. The van der Waals surface area contributed by atoms with Gasteiger partial charge in [-0.25, -0.2) is 4.98 Å². The second-order valence-electron chi connectivity index (χ2n) is 6.02. The number of hydrogen-bond donors (Lipinski definition) is 2. The Morgan fingerprint density at radius 1 is 1.42 bits per heavy atom. The summed E-state index contributed by atoms with van der Waals surface area (Å²) >= 11 is 5.97. The van der Waals surface area contributed by atoms with Crippen molar-refractivity contribution in [2.45, 2.75) is 44.6 Å². The highest BCUT2D eigenvalue weighted by Crippen LogP contribution is 2.34. The monoisotopic (exact) mass is 387 g/mol. The first-order valence-corrected chi connectivity index (χ1v) is 8.46. The third-order valence-corrected chi connectivity index (χ3v) is 4.52. The molecule has 2 N–H and O–H groups in total. The van der Waals surface area contributed by atoms with Crippen molar-refractivity contribution < 1.29 is 18.0 Å². The number of piperidine rings is 1. The molecule has 0 radical (unpaired) electrons.